The third kappa shape index (κ3) is 3.23. The molecule has 0 saturated carbocycles. The molecule has 11 heteroatoms. The van der Waals surface area contributed by atoms with Crippen LogP contribution in [0.4, 0.5) is 0 Å². The van der Waals surface area contributed by atoms with E-state index in [9.17, 15) is 30.6 Å². The smallest absolute Gasteiger partial charge is 0.224 e. The molecule has 0 aliphatic carbocycles. The highest BCUT2D eigenvalue weighted by molar-refractivity contribution is 4.98. The van der Waals surface area contributed by atoms with Crippen molar-refractivity contribution in [2.75, 3.05) is 19.8 Å². The molecule has 11 nitrogen and oxygen atoms in total. The van der Waals surface area contributed by atoms with Crippen LogP contribution >= 0.6 is 0 Å². The average Bonchev–Trinajstić information content (AvgIpc) is 2.80. The molecule has 23 heavy (non-hydrogen) atoms. The number of ether oxygens (including phenoxy) is 3. The first kappa shape index (κ1) is 18.9. The van der Waals surface area contributed by atoms with Crippen LogP contribution in [-0.2, 0) is 14.2 Å². The minimum absolute atomic E-state index is 0.669. The Morgan fingerprint density at radius 3 is 1.87 bits per heavy atom. The molecule has 0 unspecified atom stereocenters. The Balaban J connectivity index is 2.18. The molecule has 136 valence electrons. The van der Waals surface area contributed by atoms with E-state index >= 15 is 0 Å². The van der Waals surface area contributed by atoms with Crippen molar-refractivity contribution in [2.24, 2.45) is 0 Å². The van der Waals surface area contributed by atoms with Crippen LogP contribution in [0, 0.1) is 0 Å². The molecule has 0 aromatic heterocycles. The summed E-state index contributed by atoms with van der Waals surface area (Å²) < 4.78 is 15.4. The highest BCUT2D eigenvalue weighted by Crippen LogP contribution is 2.35. The second kappa shape index (κ2) is 7.21. The molecule has 0 aromatic rings. The summed E-state index contributed by atoms with van der Waals surface area (Å²) in [5.41, 5.74) is 0. The first-order valence-electron chi connectivity index (χ1n) is 7.05. The zero-order valence-corrected chi connectivity index (χ0v) is 12.0. The van der Waals surface area contributed by atoms with Crippen LogP contribution in [-0.4, -0.2) is 115 Å². The topological polar surface area (TPSA) is 190 Å². The van der Waals surface area contributed by atoms with Crippen LogP contribution in [0.1, 0.15) is 0 Å². The van der Waals surface area contributed by atoms with Crippen molar-refractivity contribution < 1.29 is 55.1 Å². The fourth-order valence-electron chi connectivity index (χ4n) is 2.63. The van der Waals surface area contributed by atoms with Gasteiger partial charge in [-0.1, -0.05) is 0 Å². The van der Waals surface area contributed by atoms with Crippen molar-refractivity contribution in [1.82, 2.24) is 0 Å². The number of rotatable bonds is 5. The molecule has 2 saturated heterocycles. The Hall–Kier alpha value is -0.440. The standard InChI is InChI=1S/C12H22O11/c13-1-4-6(16)8(18)9(19)11(21-4)23-12(3-15)10(20)7(17)5(2-14)22-12/h4-11,13-20H,1-3H2/t4-,5-,6-,7-,8-,9-,10-,11+,12+/m1/s1. The maximum Gasteiger partial charge on any atom is 0.224 e. The molecule has 9 atom stereocenters. The van der Waals surface area contributed by atoms with E-state index in [1.807, 2.05) is 0 Å². The summed E-state index contributed by atoms with van der Waals surface area (Å²) in [6, 6.07) is 0. The number of aliphatic hydroxyl groups is 8. The van der Waals surface area contributed by atoms with Gasteiger partial charge in [-0.25, -0.2) is 0 Å². The quantitative estimate of drug-likeness (QED) is 0.238. The zero-order valence-electron chi connectivity index (χ0n) is 12.0. The van der Waals surface area contributed by atoms with Gasteiger partial charge in [0, 0.05) is 0 Å². The summed E-state index contributed by atoms with van der Waals surface area (Å²) in [6.07, 6.45) is -12.7. The van der Waals surface area contributed by atoms with Crippen molar-refractivity contribution in [3.8, 4) is 0 Å². The summed E-state index contributed by atoms with van der Waals surface area (Å²) in [4.78, 5) is 0. The molecule has 2 fully saturated rings. The van der Waals surface area contributed by atoms with E-state index in [0.29, 0.717) is 0 Å². The molecular formula is C12H22O11. The average molecular weight is 342 g/mol. The van der Waals surface area contributed by atoms with Crippen molar-refractivity contribution in [3.63, 3.8) is 0 Å². The van der Waals surface area contributed by atoms with Gasteiger partial charge in [0.2, 0.25) is 5.79 Å². The largest absolute Gasteiger partial charge is 0.394 e. The Morgan fingerprint density at radius 1 is 0.783 bits per heavy atom. The van der Waals surface area contributed by atoms with Crippen molar-refractivity contribution in [1.29, 1.82) is 0 Å². The predicted molar refractivity (Wildman–Crippen MR) is 68.6 cm³/mol. The Labute approximate surface area is 130 Å². The second-order valence-electron chi connectivity index (χ2n) is 5.56. The van der Waals surface area contributed by atoms with Crippen LogP contribution in [0.5, 0.6) is 0 Å². The van der Waals surface area contributed by atoms with Crippen LogP contribution in [0.2, 0.25) is 0 Å². The van der Waals surface area contributed by atoms with E-state index in [-0.39, 0.29) is 0 Å². The molecule has 0 spiro atoms. The highest BCUT2D eigenvalue weighted by Gasteiger charge is 2.58. The minimum Gasteiger partial charge on any atom is -0.394 e. The van der Waals surface area contributed by atoms with Gasteiger partial charge >= 0.3 is 0 Å². The molecule has 8 N–H and O–H groups in total. The summed E-state index contributed by atoms with van der Waals surface area (Å²) in [7, 11) is 0. The molecule has 0 bridgehead atoms. The minimum atomic E-state index is -2.22. The number of aliphatic hydroxyl groups excluding tert-OH is 8. The highest BCUT2D eigenvalue weighted by atomic mass is 16.8. The van der Waals surface area contributed by atoms with Crippen LogP contribution in [0.15, 0.2) is 0 Å². The van der Waals surface area contributed by atoms with E-state index < -0.39 is 74.6 Å². The van der Waals surface area contributed by atoms with Gasteiger partial charge in [0.15, 0.2) is 6.29 Å². The van der Waals surface area contributed by atoms with Gasteiger partial charge in [-0.05, 0) is 0 Å². The summed E-state index contributed by atoms with van der Waals surface area (Å²) >= 11 is 0. The van der Waals surface area contributed by atoms with Crippen LogP contribution < -0.4 is 0 Å². The van der Waals surface area contributed by atoms with Gasteiger partial charge in [-0.3, -0.25) is 0 Å². The molecule has 2 heterocycles. The van der Waals surface area contributed by atoms with E-state index in [2.05, 4.69) is 0 Å². The van der Waals surface area contributed by atoms with Gasteiger partial charge in [0.05, 0.1) is 13.2 Å². The summed E-state index contributed by atoms with van der Waals surface area (Å²) in [6.45, 7) is -2.32. The van der Waals surface area contributed by atoms with Crippen molar-refractivity contribution >= 4 is 0 Å². The summed E-state index contributed by atoms with van der Waals surface area (Å²) in [5.74, 6) is -2.22. The van der Waals surface area contributed by atoms with Crippen molar-refractivity contribution in [2.45, 2.75) is 54.8 Å². The lowest BCUT2D eigenvalue weighted by atomic mass is 9.99. The van der Waals surface area contributed by atoms with Crippen LogP contribution in [0.3, 0.4) is 0 Å². The zero-order chi connectivity index (χ0) is 17.4. The van der Waals surface area contributed by atoms with Gasteiger partial charge < -0.3 is 55.1 Å². The third-order valence-corrected chi connectivity index (χ3v) is 4.07. The molecule has 2 aliphatic rings. The lowest BCUT2D eigenvalue weighted by molar-refractivity contribution is -0.383. The first-order chi connectivity index (χ1) is 10.8. The van der Waals surface area contributed by atoms with Crippen LogP contribution in [0.25, 0.3) is 0 Å². The molecular weight excluding hydrogens is 320 g/mol. The van der Waals surface area contributed by atoms with E-state index in [1.165, 1.54) is 0 Å². The molecule has 0 amide bonds. The van der Waals surface area contributed by atoms with Crippen molar-refractivity contribution in [3.05, 3.63) is 0 Å². The Kier molecular flexibility index (Phi) is 5.92. The van der Waals surface area contributed by atoms with E-state index in [0.717, 1.165) is 0 Å². The second-order valence-corrected chi connectivity index (χ2v) is 5.56. The fraction of sp³-hybridized carbons (Fsp3) is 1.00. The van der Waals surface area contributed by atoms with Gasteiger partial charge in [-0.15, -0.1) is 0 Å². The van der Waals surface area contributed by atoms with Gasteiger partial charge in [-0.2, -0.15) is 0 Å². The lowest BCUT2D eigenvalue weighted by Crippen LogP contribution is -2.62. The first-order valence-corrected chi connectivity index (χ1v) is 7.05. The number of hydrogen-bond acceptors (Lipinski definition) is 11. The predicted octanol–water partition coefficient (Wildman–Crippen LogP) is -5.40. The molecule has 0 radical (unpaired) electrons. The maximum atomic E-state index is 10.00. The third-order valence-electron chi connectivity index (χ3n) is 4.07. The molecule has 0 aromatic carbocycles. The fourth-order valence-corrected chi connectivity index (χ4v) is 2.63. The summed E-state index contributed by atoms with van der Waals surface area (Å²) in [5, 5.41) is 76.7. The van der Waals surface area contributed by atoms with Gasteiger partial charge in [0.25, 0.3) is 0 Å². The monoisotopic (exact) mass is 342 g/mol. The molecule has 2 rings (SSSR count). The SMILES string of the molecule is OC[C@H]1O[C@@H](O[C@]2(CO)O[C@H](CO)[C@@H](O)[C@H]2O)[C@H](O)[C@H](O)[C@@H]1O. The Morgan fingerprint density at radius 2 is 1.39 bits per heavy atom. The Bertz CT molecular complexity index is 393. The maximum absolute atomic E-state index is 10.00. The normalized spacial score (nSPS) is 51.1. The number of hydrogen-bond donors (Lipinski definition) is 8. The van der Waals surface area contributed by atoms with Gasteiger partial charge in [0.1, 0.15) is 49.3 Å². The lowest BCUT2D eigenvalue weighted by Gasteiger charge is -2.43. The van der Waals surface area contributed by atoms with E-state index in [4.69, 9.17) is 24.4 Å². The molecule has 2 aliphatic heterocycles. The van der Waals surface area contributed by atoms with E-state index in [1.54, 1.807) is 0 Å².